The number of piperidine rings is 1. The van der Waals surface area contributed by atoms with Crippen LogP contribution < -0.4 is 15.6 Å². The maximum atomic E-state index is 15.4. The van der Waals surface area contributed by atoms with Gasteiger partial charge in [-0.2, -0.15) is 0 Å². The number of pyridine rings is 1. The molecule has 6 nitrogen and oxygen atoms in total. The summed E-state index contributed by atoms with van der Waals surface area (Å²) in [7, 11) is 0. The van der Waals surface area contributed by atoms with Crippen molar-refractivity contribution in [3.05, 3.63) is 46.0 Å². The van der Waals surface area contributed by atoms with Crippen molar-refractivity contribution in [2.45, 2.75) is 37.8 Å². The van der Waals surface area contributed by atoms with Gasteiger partial charge in [0.05, 0.1) is 16.6 Å². The van der Waals surface area contributed by atoms with Crippen LogP contribution in [0.2, 0.25) is 0 Å². The molecule has 2 N–H and O–H groups in total. The molecule has 1 saturated carbocycles. The first-order chi connectivity index (χ1) is 14.0. The minimum absolute atomic E-state index is 0.114. The van der Waals surface area contributed by atoms with Crippen LogP contribution in [0, 0.1) is 11.7 Å². The maximum absolute atomic E-state index is 15.4. The number of halogens is 1. The minimum Gasteiger partial charge on any atom is -0.477 e. The second-order valence-electron chi connectivity index (χ2n) is 8.40. The molecule has 1 aromatic carbocycles. The highest BCUT2D eigenvalue weighted by molar-refractivity contribution is 5.98. The van der Waals surface area contributed by atoms with Gasteiger partial charge in [-0.25, -0.2) is 9.18 Å². The van der Waals surface area contributed by atoms with E-state index in [-0.39, 0.29) is 17.0 Å². The Kier molecular flexibility index (Phi) is 4.24. The van der Waals surface area contributed by atoms with Gasteiger partial charge in [-0.15, -0.1) is 0 Å². The summed E-state index contributed by atoms with van der Waals surface area (Å²) >= 11 is 0. The van der Waals surface area contributed by atoms with Crippen LogP contribution in [0.25, 0.3) is 17.0 Å². The summed E-state index contributed by atoms with van der Waals surface area (Å²) in [6.07, 6.45) is 7.11. The summed E-state index contributed by atoms with van der Waals surface area (Å²) in [5.74, 6) is -1.30. The molecule has 7 heteroatoms. The predicted molar refractivity (Wildman–Crippen MR) is 110 cm³/mol. The normalized spacial score (nSPS) is 24.0. The van der Waals surface area contributed by atoms with Crippen LogP contribution in [0.3, 0.4) is 0 Å². The Morgan fingerprint density at radius 2 is 2.10 bits per heavy atom. The number of nitrogens with zero attached hydrogens (tertiary/aromatic N) is 2. The molecule has 1 aromatic heterocycles. The van der Waals surface area contributed by atoms with E-state index in [1.807, 2.05) is 4.57 Å². The van der Waals surface area contributed by atoms with Gasteiger partial charge in [-0.3, -0.25) is 4.79 Å². The van der Waals surface area contributed by atoms with Crippen molar-refractivity contribution in [3.63, 3.8) is 0 Å². The summed E-state index contributed by atoms with van der Waals surface area (Å²) in [5, 5.41) is 13.1. The molecular weight excluding hydrogens is 373 g/mol. The number of carboxylic acid groups (broad SMARTS) is 1. The molecule has 0 bridgehead atoms. The fourth-order valence-electron chi connectivity index (χ4n) is 5.05. The van der Waals surface area contributed by atoms with E-state index < -0.39 is 17.2 Å². The number of rotatable bonds is 4. The highest BCUT2D eigenvalue weighted by Crippen LogP contribution is 2.41. The molecule has 5 rings (SSSR count). The lowest BCUT2D eigenvalue weighted by Crippen LogP contribution is -2.40. The number of fused-ring (bicyclic) bond motifs is 2. The van der Waals surface area contributed by atoms with E-state index in [0.717, 1.165) is 45.3 Å². The van der Waals surface area contributed by atoms with Gasteiger partial charge in [0.25, 0.3) is 0 Å². The molecule has 3 aliphatic rings. The van der Waals surface area contributed by atoms with Crippen LogP contribution in [-0.2, 0) is 0 Å². The zero-order chi connectivity index (χ0) is 20.3. The van der Waals surface area contributed by atoms with Gasteiger partial charge in [0.15, 0.2) is 0 Å². The monoisotopic (exact) mass is 397 g/mol. The molecule has 2 saturated heterocycles. The minimum atomic E-state index is -1.29. The number of nitrogens with one attached hydrogen (secondary N) is 1. The number of aromatic carboxylic acids is 1. The summed E-state index contributed by atoms with van der Waals surface area (Å²) in [4.78, 5) is 26.4. The molecule has 2 atom stereocenters. The summed E-state index contributed by atoms with van der Waals surface area (Å²) < 4.78 is 17.2. The largest absolute Gasteiger partial charge is 0.477 e. The fourth-order valence-corrected chi connectivity index (χ4v) is 5.05. The van der Waals surface area contributed by atoms with Crippen LogP contribution in [0.15, 0.2) is 23.6 Å². The van der Waals surface area contributed by atoms with Crippen LogP contribution in [0.4, 0.5) is 10.1 Å². The van der Waals surface area contributed by atoms with E-state index in [9.17, 15) is 14.7 Å². The molecule has 0 amide bonds. The van der Waals surface area contributed by atoms with Gasteiger partial charge in [0.1, 0.15) is 11.4 Å². The molecule has 0 unspecified atom stereocenters. The standard InChI is InChI=1S/C22H24FN3O3/c1-2-14-19-15(21(27)16(22(28)29)10-26(19)13-5-6-13)8-17(23)20(14)25-9-12-4-3-7-24-18(12)11-25/h2,8,10,12-13,18,24H,1,3-7,9,11H2,(H,28,29)/t12-,18+/m1/s1. The topological polar surface area (TPSA) is 74.6 Å². The quantitative estimate of drug-likeness (QED) is 0.830. The highest BCUT2D eigenvalue weighted by atomic mass is 19.1. The van der Waals surface area contributed by atoms with Crippen molar-refractivity contribution >= 4 is 28.6 Å². The van der Waals surface area contributed by atoms with E-state index in [4.69, 9.17) is 0 Å². The average molecular weight is 397 g/mol. The first kappa shape index (κ1) is 18.4. The Morgan fingerprint density at radius 3 is 2.76 bits per heavy atom. The maximum Gasteiger partial charge on any atom is 0.341 e. The number of aromatic nitrogens is 1. The lowest BCUT2D eigenvalue weighted by molar-refractivity contribution is 0.0695. The second-order valence-corrected chi connectivity index (χ2v) is 8.40. The number of carbonyl (C=O) groups is 1. The van der Waals surface area contributed by atoms with Crippen molar-refractivity contribution < 1.29 is 14.3 Å². The predicted octanol–water partition coefficient (Wildman–Crippen LogP) is 3.00. The summed E-state index contributed by atoms with van der Waals surface area (Å²) in [6.45, 7) is 6.38. The molecule has 3 heterocycles. The van der Waals surface area contributed by atoms with Gasteiger partial charge in [-0.05, 0) is 44.2 Å². The Labute approximate surface area is 167 Å². The summed E-state index contributed by atoms with van der Waals surface area (Å²) in [6, 6.07) is 1.70. The number of carboxylic acids is 1. The van der Waals surface area contributed by atoms with E-state index in [0.29, 0.717) is 28.7 Å². The van der Waals surface area contributed by atoms with Crippen LogP contribution in [0.1, 0.15) is 47.6 Å². The lowest BCUT2D eigenvalue weighted by atomic mass is 9.94. The molecule has 0 radical (unpaired) electrons. The molecule has 152 valence electrons. The molecular formula is C22H24FN3O3. The highest BCUT2D eigenvalue weighted by Gasteiger charge is 2.37. The first-order valence-corrected chi connectivity index (χ1v) is 10.2. The molecule has 0 spiro atoms. The Balaban J connectivity index is 1.74. The molecule has 2 aromatic rings. The van der Waals surface area contributed by atoms with Gasteiger partial charge in [0.2, 0.25) is 5.43 Å². The first-order valence-electron chi connectivity index (χ1n) is 10.2. The number of hydrogen-bond acceptors (Lipinski definition) is 4. The van der Waals surface area contributed by atoms with Crippen molar-refractivity contribution in [2.75, 3.05) is 24.5 Å². The van der Waals surface area contributed by atoms with Crippen molar-refractivity contribution in [2.24, 2.45) is 5.92 Å². The van der Waals surface area contributed by atoms with Crippen LogP contribution in [0.5, 0.6) is 0 Å². The SMILES string of the molecule is C=Cc1c(N2C[C@H]3CCCN[C@H]3C2)c(F)cc2c(=O)c(C(=O)O)cn(C3CC3)c12. The fraction of sp³-hybridized carbons (Fsp3) is 0.455. The summed E-state index contributed by atoms with van der Waals surface area (Å²) in [5.41, 5.74) is 0.689. The van der Waals surface area contributed by atoms with E-state index in [1.165, 1.54) is 12.3 Å². The van der Waals surface area contributed by atoms with Crippen molar-refractivity contribution in [3.8, 4) is 0 Å². The third kappa shape index (κ3) is 2.87. The van der Waals surface area contributed by atoms with Crippen molar-refractivity contribution in [1.82, 2.24) is 9.88 Å². The zero-order valence-corrected chi connectivity index (χ0v) is 16.2. The lowest BCUT2D eigenvalue weighted by Gasteiger charge is -2.25. The molecule has 1 aliphatic carbocycles. The average Bonchev–Trinajstić information content (AvgIpc) is 3.45. The number of benzene rings is 1. The third-order valence-electron chi connectivity index (χ3n) is 6.57. The van der Waals surface area contributed by atoms with E-state index in [1.54, 1.807) is 6.08 Å². The Bertz CT molecular complexity index is 1080. The van der Waals surface area contributed by atoms with Crippen LogP contribution >= 0.6 is 0 Å². The second kappa shape index (κ2) is 6.69. The van der Waals surface area contributed by atoms with E-state index >= 15 is 4.39 Å². The smallest absolute Gasteiger partial charge is 0.341 e. The molecule has 29 heavy (non-hydrogen) atoms. The van der Waals surface area contributed by atoms with Gasteiger partial charge >= 0.3 is 5.97 Å². The van der Waals surface area contributed by atoms with Crippen molar-refractivity contribution in [1.29, 1.82) is 0 Å². The number of hydrogen-bond donors (Lipinski definition) is 2. The zero-order valence-electron chi connectivity index (χ0n) is 16.2. The Hall–Kier alpha value is -2.67. The third-order valence-corrected chi connectivity index (χ3v) is 6.57. The molecule has 2 aliphatic heterocycles. The van der Waals surface area contributed by atoms with Gasteiger partial charge in [0, 0.05) is 36.9 Å². The Morgan fingerprint density at radius 1 is 1.31 bits per heavy atom. The van der Waals surface area contributed by atoms with Gasteiger partial charge < -0.3 is 19.9 Å². The molecule has 3 fully saturated rings. The van der Waals surface area contributed by atoms with Crippen LogP contribution in [-0.4, -0.2) is 41.3 Å². The van der Waals surface area contributed by atoms with E-state index in [2.05, 4.69) is 16.8 Å². The van der Waals surface area contributed by atoms with Gasteiger partial charge in [-0.1, -0.05) is 12.7 Å². The number of anilines is 1.